The van der Waals surface area contributed by atoms with Gasteiger partial charge in [0.15, 0.2) is 11.6 Å². The Balaban J connectivity index is 1.97. The lowest BCUT2D eigenvalue weighted by Gasteiger charge is -2.36. The van der Waals surface area contributed by atoms with Crippen molar-refractivity contribution in [1.82, 2.24) is 5.32 Å². The van der Waals surface area contributed by atoms with E-state index in [0.717, 1.165) is 18.9 Å². The SMILES string of the molecule is CC1(C)CC(NCc2cc(F)c(F)cc2F)CCO1. The summed E-state index contributed by atoms with van der Waals surface area (Å²) >= 11 is 0. The average Bonchev–Trinajstić information content (AvgIpc) is 2.31. The van der Waals surface area contributed by atoms with Crippen LogP contribution in [0.15, 0.2) is 12.1 Å². The molecule has 0 spiro atoms. The van der Waals surface area contributed by atoms with Crippen molar-refractivity contribution in [1.29, 1.82) is 0 Å². The fourth-order valence-electron chi connectivity index (χ4n) is 2.36. The lowest BCUT2D eigenvalue weighted by atomic mass is 9.94. The topological polar surface area (TPSA) is 21.3 Å². The first kappa shape index (κ1) is 14.3. The molecule has 1 atom stereocenters. The fraction of sp³-hybridized carbons (Fsp3) is 0.571. The molecule has 0 aliphatic carbocycles. The van der Waals surface area contributed by atoms with Crippen molar-refractivity contribution in [2.45, 2.75) is 44.9 Å². The Hall–Kier alpha value is -1.07. The van der Waals surface area contributed by atoms with Crippen LogP contribution in [-0.4, -0.2) is 18.2 Å². The molecule has 1 aliphatic rings. The summed E-state index contributed by atoms with van der Waals surface area (Å²) in [5.41, 5.74) is -0.0640. The largest absolute Gasteiger partial charge is 0.375 e. The predicted molar refractivity (Wildman–Crippen MR) is 66.2 cm³/mol. The van der Waals surface area contributed by atoms with Crippen molar-refractivity contribution in [3.63, 3.8) is 0 Å². The molecule has 0 radical (unpaired) electrons. The number of ether oxygens (including phenoxy) is 1. The van der Waals surface area contributed by atoms with E-state index in [0.29, 0.717) is 12.7 Å². The minimum atomic E-state index is -1.16. The van der Waals surface area contributed by atoms with Gasteiger partial charge in [-0.2, -0.15) is 0 Å². The van der Waals surface area contributed by atoms with Gasteiger partial charge in [0.25, 0.3) is 0 Å². The van der Waals surface area contributed by atoms with Gasteiger partial charge < -0.3 is 10.1 Å². The minimum Gasteiger partial charge on any atom is -0.375 e. The van der Waals surface area contributed by atoms with Gasteiger partial charge >= 0.3 is 0 Å². The minimum absolute atomic E-state index is 0.142. The molecule has 19 heavy (non-hydrogen) atoms. The van der Waals surface area contributed by atoms with Crippen molar-refractivity contribution < 1.29 is 17.9 Å². The molecule has 1 N–H and O–H groups in total. The van der Waals surface area contributed by atoms with Gasteiger partial charge in [-0.15, -0.1) is 0 Å². The molecule has 1 unspecified atom stereocenters. The Morgan fingerprint density at radius 2 is 1.89 bits per heavy atom. The van der Waals surface area contributed by atoms with Crippen LogP contribution in [0.2, 0.25) is 0 Å². The fourth-order valence-corrected chi connectivity index (χ4v) is 2.36. The van der Waals surface area contributed by atoms with Gasteiger partial charge in [-0.25, -0.2) is 13.2 Å². The second kappa shape index (κ2) is 5.51. The van der Waals surface area contributed by atoms with Crippen molar-refractivity contribution in [2.75, 3.05) is 6.61 Å². The Morgan fingerprint density at radius 3 is 2.58 bits per heavy atom. The summed E-state index contributed by atoms with van der Waals surface area (Å²) in [4.78, 5) is 0. The number of nitrogens with one attached hydrogen (secondary N) is 1. The van der Waals surface area contributed by atoms with Crippen LogP contribution in [0, 0.1) is 17.5 Å². The highest BCUT2D eigenvalue weighted by Gasteiger charge is 2.28. The van der Waals surface area contributed by atoms with Crippen molar-refractivity contribution >= 4 is 0 Å². The molecule has 1 saturated heterocycles. The van der Waals surface area contributed by atoms with Gasteiger partial charge in [0.05, 0.1) is 5.60 Å². The molecule has 1 aromatic carbocycles. The molecule has 2 rings (SSSR count). The number of rotatable bonds is 3. The first-order valence-corrected chi connectivity index (χ1v) is 6.38. The van der Waals surface area contributed by atoms with Crippen molar-refractivity contribution in [3.8, 4) is 0 Å². The van der Waals surface area contributed by atoms with Crippen LogP contribution in [0.3, 0.4) is 0 Å². The number of hydrogen-bond acceptors (Lipinski definition) is 2. The Labute approximate surface area is 111 Å². The molecule has 1 aromatic rings. The van der Waals surface area contributed by atoms with Gasteiger partial charge in [0.2, 0.25) is 0 Å². The smallest absolute Gasteiger partial charge is 0.161 e. The second-order valence-corrected chi connectivity index (χ2v) is 5.54. The monoisotopic (exact) mass is 273 g/mol. The number of benzene rings is 1. The van der Waals surface area contributed by atoms with Gasteiger partial charge in [-0.05, 0) is 32.8 Å². The van der Waals surface area contributed by atoms with Crippen LogP contribution in [0.1, 0.15) is 32.3 Å². The zero-order chi connectivity index (χ0) is 14.0. The molecule has 0 saturated carbocycles. The summed E-state index contributed by atoms with van der Waals surface area (Å²) in [6.45, 7) is 4.83. The highest BCUT2D eigenvalue weighted by atomic mass is 19.2. The maximum absolute atomic E-state index is 13.5. The van der Waals surface area contributed by atoms with Crippen molar-refractivity contribution in [2.24, 2.45) is 0 Å². The normalized spacial score (nSPS) is 22.5. The predicted octanol–water partition coefficient (Wildman–Crippen LogP) is 3.15. The Bertz CT molecular complexity index is 462. The number of halogens is 3. The lowest BCUT2D eigenvalue weighted by molar-refractivity contribution is -0.0630. The summed E-state index contributed by atoms with van der Waals surface area (Å²) in [5, 5.41) is 3.17. The van der Waals surface area contributed by atoms with E-state index >= 15 is 0 Å². The first-order valence-electron chi connectivity index (χ1n) is 6.38. The van der Waals surface area contributed by atoms with Crippen LogP contribution in [-0.2, 0) is 11.3 Å². The third-order valence-corrected chi connectivity index (χ3v) is 3.37. The molecule has 1 heterocycles. The van der Waals surface area contributed by atoms with E-state index in [1.807, 2.05) is 13.8 Å². The van der Waals surface area contributed by atoms with Crippen molar-refractivity contribution in [3.05, 3.63) is 35.1 Å². The zero-order valence-electron chi connectivity index (χ0n) is 11.1. The number of hydrogen-bond donors (Lipinski definition) is 1. The molecule has 1 aliphatic heterocycles. The summed E-state index contributed by atoms with van der Waals surface area (Å²) in [7, 11) is 0. The molecule has 5 heteroatoms. The van der Waals surface area contributed by atoms with E-state index in [9.17, 15) is 13.2 Å². The summed E-state index contributed by atoms with van der Waals surface area (Å²) < 4.78 is 44.9. The third kappa shape index (κ3) is 3.70. The summed E-state index contributed by atoms with van der Waals surface area (Å²) in [5.74, 6) is -2.91. The maximum Gasteiger partial charge on any atom is 0.161 e. The van der Waals surface area contributed by atoms with E-state index < -0.39 is 17.5 Å². The van der Waals surface area contributed by atoms with Gasteiger partial charge in [0, 0.05) is 30.8 Å². The second-order valence-electron chi connectivity index (χ2n) is 5.54. The average molecular weight is 273 g/mol. The quantitative estimate of drug-likeness (QED) is 0.854. The summed E-state index contributed by atoms with van der Waals surface area (Å²) in [6.07, 6.45) is 1.63. The maximum atomic E-state index is 13.5. The van der Waals surface area contributed by atoms with Crippen LogP contribution in [0.4, 0.5) is 13.2 Å². The summed E-state index contributed by atoms with van der Waals surface area (Å²) in [6, 6.07) is 1.68. The molecular weight excluding hydrogens is 255 g/mol. The van der Waals surface area contributed by atoms with E-state index in [4.69, 9.17) is 4.74 Å². The molecule has 1 fully saturated rings. The van der Waals surface area contributed by atoms with E-state index in [1.54, 1.807) is 0 Å². The van der Waals surface area contributed by atoms with Crippen LogP contribution >= 0.6 is 0 Å². The molecule has 0 bridgehead atoms. The standard InChI is InChI=1S/C14H18F3NO/c1-14(2)7-10(3-4-19-14)18-8-9-5-12(16)13(17)6-11(9)15/h5-6,10,18H,3-4,7-8H2,1-2H3. The van der Waals surface area contributed by atoms with Gasteiger partial charge in [-0.1, -0.05) is 0 Å². The molecule has 2 nitrogen and oxygen atoms in total. The Kier molecular flexibility index (Phi) is 4.16. The van der Waals surface area contributed by atoms with Crippen LogP contribution in [0.5, 0.6) is 0 Å². The molecular formula is C14H18F3NO. The van der Waals surface area contributed by atoms with Crippen LogP contribution < -0.4 is 5.32 Å². The third-order valence-electron chi connectivity index (χ3n) is 3.37. The zero-order valence-corrected chi connectivity index (χ0v) is 11.1. The molecule has 0 aromatic heterocycles. The van der Waals surface area contributed by atoms with E-state index in [1.165, 1.54) is 0 Å². The molecule has 0 amide bonds. The van der Waals surface area contributed by atoms with Gasteiger partial charge in [0.1, 0.15) is 5.82 Å². The first-order chi connectivity index (χ1) is 8.87. The lowest BCUT2D eigenvalue weighted by Crippen LogP contribution is -2.43. The molecule has 106 valence electrons. The van der Waals surface area contributed by atoms with E-state index in [-0.39, 0.29) is 23.8 Å². The van der Waals surface area contributed by atoms with E-state index in [2.05, 4.69) is 5.32 Å². The van der Waals surface area contributed by atoms with Gasteiger partial charge in [-0.3, -0.25) is 0 Å². The Morgan fingerprint density at radius 1 is 1.21 bits per heavy atom. The highest BCUT2D eigenvalue weighted by Crippen LogP contribution is 2.24. The highest BCUT2D eigenvalue weighted by molar-refractivity contribution is 5.20. The van der Waals surface area contributed by atoms with Crippen LogP contribution in [0.25, 0.3) is 0 Å².